The molecule has 0 fully saturated rings. The zero-order chi connectivity index (χ0) is 13.2. The highest BCUT2D eigenvalue weighted by Crippen LogP contribution is 2.30. The van der Waals surface area contributed by atoms with E-state index in [0.29, 0.717) is 11.1 Å². The first kappa shape index (κ1) is 11.5. The van der Waals surface area contributed by atoms with Gasteiger partial charge in [-0.25, -0.2) is 4.79 Å². The van der Waals surface area contributed by atoms with Crippen molar-refractivity contribution >= 4 is 16.9 Å². The summed E-state index contributed by atoms with van der Waals surface area (Å²) in [5.41, 5.74) is 2.79. The molecule has 2 aromatic heterocycles. The number of rotatable bonds is 2. The molecule has 1 aromatic carbocycles. The summed E-state index contributed by atoms with van der Waals surface area (Å²) in [5, 5.41) is 0.731. The smallest absolute Gasteiger partial charge is 0.338 e. The van der Waals surface area contributed by atoms with Gasteiger partial charge in [0.15, 0.2) is 0 Å². The third kappa shape index (κ3) is 1.87. The fourth-order valence-electron chi connectivity index (χ4n) is 2.07. The van der Waals surface area contributed by atoms with E-state index in [1.165, 1.54) is 7.11 Å². The first-order valence-electron chi connectivity index (χ1n) is 5.81. The van der Waals surface area contributed by atoms with Crippen molar-refractivity contribution in [1.29, 1.82) is 0 Å². The molecule has 0 aliphatic rings. The summed E-state index contributed by atoms with van der Waals surface area (Å²) in [5.74, 6) is -0.376. The van der Waals surface area contributed by atoms with Crippen LogP contribution < -0.4 is 0 Å². The van der Waals surface area contributed by atoms with Gasteiger partial charge >= 0.3 is 5.97 Å². The van der Waals surface area contributed by atoms with E-state index in [1.54, 1.807) is 24.6 Å². The van der Waals surface area contributed by atoms with Crippen LogP contribution in [-0.2, 0) is 4.74 Å². The molecule has 0 aliphatic heterocycles. The van der Waals surface area contributed by atoms with Gasteiger partial charge in [0.1, 0.15) is 5.58 Å². The van der Waals surface area contributed by atoms with Gasteiger partial charge in [-0.3, -0.25) is 4.98 Å². The lowest BCUT2D eigenvalue weighted by atomic mass is 10.0. The number of ether oxygens (including phenoxy) is 1. The molecule has 94 valence electrons. The van der Waals surface area contributed by atoms with Gasteiger partial charge < -0.3 is 9.15 Å². The minimum atomic E-state index is -0.376. The molecule has 0 unspecified atom stereocenters. The normalized spacial score (nSPS) is 10.6. The molecule has 3 aromatic rings. The number of pyridine rings is 1. The van der Waals surface area contributed by atoms with Gasteiger partial charge in [-0.1, -0.05) is 6.07 Å². The molecule has 0 bridgehead atoms. The Morgan fingerprint density at radius 2 is 2.11 bits per heavy atom. The van der Waals surface area contributed by atoms with E-state index in [4.69, 9.17) is 9.15 Å². The number of esters is 1. The van der Waals surface area contributed by atoms with E-state index in [9.17, 15) is 4.79 Å². The first-order valence-corrected chi connectivity index (χ1v) is 5.81. The summed E-state index contributed by atoms with van der Waals surface area (Å²) in [7, 11) is 1.36. The van der Waals surface area contributed by atoms with Crippen LogP contribution in [-0.4, -0.2) is 18.1 Å². The lowest BCUT2D eigenvalue weighted by Gasteiger charge is -2.05. The summed E-state index contributed by atoms with van der Waals surface area (Å²) in [6.07, 6.45) is 3.28. The predicted octanol–water partition coefficient (Wildman–Crippen LogP) is 3.28. The Balaban J connectivity index is 2.25. The average molecular weight is 253 g/mol. The number of furan rings is 1. The molecule has 0 saturated carbocycles. The fourth-order valence-corrected chi connectivity index (χ4v) is 2.07. The number of hydrogen-bond donors (Lipinski definition) is 0. The van der Waals surface area contributed by atoms with E-state index in [1.807, 2.05) is 24.3 Å². The maximum atomic E-state index is 11.7. The number of carbonyl (C=O) groups excluding carboxylic acids is 1. The lowest BCUT2D eigenvalue weighted by molar-refractivity contribution is 0.0603. The van der Waals surface area contributed by atoms with E-state index >= 15 is 0 Å². The van der Waals surface area contributed by atoms with Gasteiger partial charge in [0.05, 0.1) is 24.6 Å². The number of carbonyl (C=O) groups is 1. The molecule has 19 heavy (non-hydrogen) atoms. The lowest BCUT2D eigenvalue weighted by Crippen LogP contribution is -2.01. The minimum Gasteiger partial charge on any atom is -0.465 e. The van der Waals surface area contributed by atoms with E-state index in [2.05, 4.69) is 4.98 Å². The molecule has 0 radical (unpaired) electrons. The van der Waals surface area contributed by atoms with Crippen LogP contribution in [0.25, 0.3) is 22.2 Å². The van der Waals surface area contributed by atoms with E-state index in [0.717, 1.165) is 16.6 Å². The topological polar surface area (TPSA) is 52.3 Å². The molecular formula is C15H11NO3. The van der Waals surface area contributed by atoms with Crippen molar-refractivity contribution in [1.82, 2.24) is 4.98 Å². The predicted molar refractivity (Wildman–Crippen MR) is 70.8 cm³/mol. The highest BCUT2D eigenvalue weighted by molar-refractivity contribution is 6.06. The molecule has 4 nitrogen and oxygen atoms in total. The van der Waals surface area contributed by atoms with Crippen LogP contribution in [0.3, 0.4) is 0 Å². The summed E-state index contributed by atoms with van der Waals surface area (Å²) < 4.78 is 10.3. The molecule has 0 N–H and O–H groups in total. The third-order valence-electron chi connectivity index (χ3n) is 2.96. The molecule has 0 atom stereocenters. The second-order valence-electron chi connectivity index (χ2n) is 4.03. The highest BCUT2D eigenvalue weighted by atomic mass is 16.5. The fraction of sp³-hybridized carbons (Fsp3) is 0.0667. The van der Waals surface area contributed by atoms with Crippen LogP contribution in [0, 0.1) is 0 Å². The van der Waals surface area contributed by atoms with Crippen molar-refractivity contribution in [2.75, 3.05) is 7.11 Å². The van der Waals surface area contributed by atoms with Gasteiger partial charge in [0.25, 0.3) is 0 Å². The van der Waals surface area contributed by atoms with Gasteiger partial charge in [-0.05, 0) is 30.3 Å². The van der Waals surface area contributed by atoms with Crippen molar-refractivity contribution in [3.05, 3.63) is 54.4 Å². The van der Waals surface area contributed by atoms with Gasteiger partial charge in [-0.2, -0.15) is 0 Å². The second kappa shape index (κ2) is 4.57. The molecule has 2 heterocycles. The van der Waals surface area contributed by atoms with Crippen molar-refractivity contribution < 1.29 is 13.9 Å². The molecule has 0 saturated heterocycles. The van der Waals surface area contributed by atoms with Crippen molar-refractivity contribution in [2.45, 2.75) is 0 Å². The van der Waals surface area contributed by atoms with Crippen LogP contribution in [0.2, 0.25) is 0 Å². The van der Waals surface area contributed by atoms with Crippen LogP contribution in [0.1, 0.15) is 10.4 Å². The zero-order valence-electron chi connectivity index (χ0n) is 10.3. The Labute approximate surface area is 109 Å². The van der Waals surface area contributed by atoms with Crippen molar-refractivity contribution in [3.63, 3.8) is 0 Å². The third-order valence-corrected chi connectivity index (χ3v) is 2.96. The Morgan fingerprint density at radius 1 is 1.21 bits per heavy atom. The molecular weight excluding hydrogens is 242 g/mol. The quantitative estimate of drug-likeness (QED) is 0.658. The Hall–Kier alpha value is -2.62. The maximum absolute atomic E-state index is 11.7. The monoisotopic (exact) mass is 253 g/mol. The van der Waals surface area contributed by atoms with Crippen LogP contribution in [0.5, 0.6) is 0 Å². The standard InChI is InChI=1S/C15H11NO3/c1-18-15(17)11-5-6-12(13-4-2-3-8-16-13)14-10(11)7-9-19-14/h2-9H,1H3. The number of benzene rings is 1. The molecule has 3 rings (SSSR count). The molecule has 0 amide bonds. The second-order valence-corrected chi connectivity index (χ2v) is 4.03. The number of fused-ring (bicyclic) bond motifs is 1. The molecule has 0 aliphatic carbocycles. The van der Waals surface area contributed by atoms with E-state index in [-0.39, 0.29) is 5.97 Å². The highest BCUT2D eigenvalue weighted by Gasteiger charge is 2.16. The van der Waals surface area contributed by atoms with Crippen molar-refractivity contribution in [3.8, 4) is 11.3 Å². The summed E-state index contributed by atoms with van der Waals surface area (Å²) in [6.45, 7) is 0. The number of hydrogen-bond acceptors (Lipinski definition) is 4. The largest absolute Gasteiger partial charge is 0.465 e. The van der Waals surface area contributed by atoms with E-state index < -0.39 is 0 Å². The van der Waals surface area contributed by atoms with Crippen LogP contribution in [0.4, 0.5) is 0 Å². The van der Waals surface area contributed by atoms with Crippen LogP contribution in [0.15, 0.2) is 53.3 Å². The minimum absolute atomic E-state index is 0.376. The van der Waals surface area contributed by atoms with Gasteiger partial charge in [0, 0.05) is 17.1 Å². The van der Waals surface area contributed by atoms with Gasteiger partial charge in [-0.15, -0.1) is 0 Å². The Morgan fingerprint density at radius 3 is 2.84 bits per heavy atom. The van der Waals surface area contributed by atoms with Gasteiger partial charge in [0.2, 0.25) is 0 Å². The maximum Gasteiger partial charge on any atom is 0.338 e. The van der Waals surface area contributed by atoms with Crippen molar-refractivity contribution in [2.24, 2.45) is 0 Å². The average Bonchev–Trinajstić information content (AvgIpc) is 2.95. The number of nitrogens with zero attached hydrogens (tertiary/aromatic N) is 1. The summed E-state index contributed by atoms with van der Waals surface area (Å²) >= 11 is 0. The first-order chi connectivity index (χ1) is 9.31. The SMILES string of the molecule is COC(=O)c1ccc(-c2ccccn2)c2occc12. The van der Waals surface area contributed by atoms with Crippen LogP contribution >= 0.6 is 0 Å². The Kier molecular flexibility index (Phi) is 2.76. The Bertz CT molecular complexity index is 731. The number of aromatic nitrogens is 1. The molecule has 0 spiro atoms. The summed E-state index contributed by atoms with van der Waals surface area (Å²) in [4.78, 5) is 16.0. The molecule has 4 heteroatoms. The zero-order valence-corrected chi connectivity index (χ0v) is 10.3. The summed E-state index contributed by atoms with van der Waals surface area (Å²) in [6, 6.07) is 11.0. The number of methoxy groups -OCH3 is 1.